The summed E-state index contributed by atoms with van der Waals surface area (Å²) < 4.78 is 6.11. The number of carbonyl (C=O) groups excluding carboxylic acids is 2. The number of benzene rings is 4. The van der Waals surface area contributed by atoms with Crippen molar-refractivity contribution in [2.45, 2.75) is 13.2 Å². The standard InChI is InChI=1S/C30H20N2O5S/c31-16-22-6-1-2-7-23(22)17-32-28(33)27(38-30(32)36)15-25-24-8-4-3-5-20(24)13-14-26(25)37-18-19-9-11-21(12-10-19)29(34)35/h1-15H,17-18H2,(H,34,35)/b27-15+. The summed E-state index contributed by atoms with van der Waals surface area (Å²) in [4.78, 5) is 38.6. The maximum atomic E-state index is 13.3. The molecule has 1 fully saturated rings. The number of fused-ring (bicyclic) bond motifs is 1. The zero-order valence-corrected chi connectivity index (χ0v) is 20.8. The number of hydrogen-bond donors (Lipinski definition) is 1. The van der Waals surface area contributed by atoms with Crippen LogP contribution in [-0.4, -0.2) is 27.1 Å². The Kier molecular flexibility index (Phi) is 6.94. The molecule has 8 heteroatoms. The van der Waals surface area contributed by atoms with Crippen LogP contribution in [0.4, 0.5) is 4.79 Å². The van der Waals surface area contributed by atoms with Crippen LogP contribution in [-0.2, 0) is 17.9 Å². The Hall–Kier alpha value is -4.87. The van der Waals surface area contributed by atoms with Crippen LogP contribution < -0.4 is 4.74 Å². The molecule has 0 saturated carbocycles. The Morgan fingerprint density at radius 2 is 1.71 bits per heavy atom. The fraction of sp³-hybridized carbons (Fsp3) is 0.0667. The number of aromatic carboxylic acids is 1. The Morgan fingerprint density at radius 3 is 2.47 bits per heavy atom. The zero-order valence-electron chi connectivity index (χ0n) is 20.0. The van der Waals surface area contributed by atoms with Gasteiger partial charge in [-0.3, -0.25) is 14.5 Å². The van der Waals surface area contributed by atoms with Crippen molar-refractivity contribution in [2.24, 2.45) is 0 Å². The fourth-order valence-corrected chi connectivity index (χ4v) is 4.98. The monoisotopic (exact) mass is 520 g/mol. The van der Waals surface area contributed by atoms with Gasteiger partial charge in [0.05, 0.1) is 28.6 Å². The van der Waals surface area contributed by atoms with Crippen molar-refractivity contribution in [2.75, 3.05) is 0 Å². The number of hydrogen-bond acceptors (Lipinski definition) is 6. The zero-order chi connectivity index (χ0) is 26.6. The van der Waals surface area contributed by atoms with E-state index in [1.807, 2.05) is 36.4 Å². The first-order chi connectivity index (χ1) is 18.4. The minimum atomic E-state index is -1.00. The Bertz CT molecular complexity index is 1650. The van der Waals surface area contributed by atoms with E-state index in [9.17, 15) is 19.6 Å². The molecular weight excluding hydrogens is 500 g/mol. The summed E-state index contributed by atoms with van der Waals surface area (Å²) >= 11 is 0.850. The molecule has 4 aromatic rings. The van der Waals surface area contributed by atoms with Gasteiger partial charge in [0.25, 0.3) is 11.1 Å². The molecule has 186 valence electrons. The molecule has 1 saturated heterocycles. The highest BCUT2D eigenvalue weighted by atomic mass is 32.2. The predicted octanol–water partition coefficient (Wildman–Crippen LogP) is 6.23. The molecule has 4 aromatic carbocycles. The molecule has 38 heavy (non-hydrogen) atoms. The van der Waals surface area contributed by atoms with E-state index in [1.165, 1.54) is 12.1 Å². The highest BCUT2D eigenvalue weighted by molar-refractivity contribution is 8.18. The van der Waals surface area contributed by atoms with E-state index in [-0.39, 0.29) is 23.6 Å². The van der Waals surface area contributed by atoms with Crippen molar-refractivity contribution >= 4 is 45.7 Å². The van der Waals surface area contributed by atoms with Crippen molar-refractivity contribution in [3.05, 3.63) is 118 Å². The minimum Gasteiger partial charge on any atom is -0.488 e. The molecule has 0 unspecified atom stereocenters. The van der Waals surface area contributed by atoms with E-state index < -0.39 is 17.1 Å². The van der Waals surface area contributed by atoms with Gasteiger partial charge in [-0.2, -0.15) is 5.26 Å². The lowest BCUT2D eigenvalue weighted by Gasteiger charge is -2.14. The van der Waals surface area contributed by atoms with E-state index in [4.69, 9.17) is 9.84 Å². The minimum absolute atomic E-state index is 0.0109. The van der Waals surface area contributed by atoms with Crippen LogP contribution in [0.1, 0.15) is 32.6 Å². The van der Waals surface area contributed by atoms with Crippen LogP contribution in [0.3, 0.4) is 0 Å². The summed E-state index contributed by atoms with van der Waals surface area (Å²) in [6.07, 6.45) is 1.67. The van der Waals surface area contributed by atoms with Gasteiger partial charge >= 0.3 is 5.97 Å². The normalized spacial score (nSPS) is 14.2. The summed E-state index contributed by atoms with van der Waals surface area (Å²) in [6, 6.07) is 26.8. The van der Waals surface area contributed by atoms with Gasteiger partial charge in [0, 0.05) is 5.56 Å². The molecule has 0 spiro atoms. The molecule has 0 atom stereocenters. The van der Waals surface area contributed by atoms with Crippen molar-refractivity contribution in [3.8, 4) is 11.8 Å². The van der Waals surface area contributed by atoms with Crippen LogP contribution in [0, 0.1) is 11.3 Å². The molecule has 1 heterocycles. The van der Waals surface area contributed by atoms with E-state index in [2.05, 4.69) is 6.07 Å². The highest BCUT2D eigenvalue weighted by Crippen LogP contribution is 2.37. The number of nitriles is 1. The van der Waals surface area contributed by atoms with Crippen molar-refractivity contribution in [3.63, 3.8) is 0 Å². The summed E-state index contributed by atoms with van der Waals surface area (Å²) in [5.41, 5.74) is 2.64. The quantitative estimate of drug-likeness (QED) is 0.288. The van der Waals surface area contributed by atoms with Gasteiger partial charge in [0.2, 0.25) is 0 Å². The van der Waals surface area contributed by atoms with Crippen LogP contribution in [0.15, 0.2) is 89.8 Å². The maximum Gasteiger partial charge on any atom is 0.335 e. The second-order valence-electron chi connectivity index (χ2n) is 8.53. The van der Waals surface area contributed by atoms with Crippen LogP contribution in [0.25, 0.3) is 16.8 Å². The molecule has 0 bridgehead atoms. The third-order valence-corrected chi connectivity index (χ3v) is 7.05. The third-order valence-electron chi connectivity index (χ3n) is 6.14. The molecule has 0 aliphatic carbocycles. The Balaban J connectivity index is 1.46. The fourth-order valence-electron chi connectivity index (χ4n) is 4.16. The number of carbonyl (C=O) groups is 3. The topological polar surface area (TPSA) is 108 Å². The maximum absolute atomic E-state index is 13.3. The molecule has 1 N–H and O–H groups in total. The molecule has 5 rings (SSSR count). The lowest BCUT2D eigenvalue weighted by molar-refractivity contribution is -0.123. The first kappa shape index (κ1) is 24.8. The number of carboxylic acid groups (broad SMARTS) is 1. The van der Waals surface area contributed by atoms with Gasteiger partial charge in [-0.15, -0.1) is 0 Å². The van der Waals surface area contributed by atoms with Gasteiger partial charge < -0.3 is 9.84 Å². The second kappa shape index (κ2) is 10.6. The van der Waals surface area contributed by atoms with Gasteiger partial charge in [-0.05, 0) is 64.0 Å². The predicted molar refractivity (Wildman–Crippen MR) is 144 cm³/mol. The molecule has 2 amide bonds. The van der Waals surface area contributed by atoms with Crippen LogP contribution >= 0.6 is 11.8 Å². The van der Waals surface area contributed by atoms with Crippen LogP contribution in [0.5, 0.6) is 5.75 Å². The van der Waals surface area contributed by atoms with Crippen molar-refractivity contribution in [1.29, 1.82) is 5.26 Å². The summed E-state index contributed by atoms with van der Waals surface area (Å²) in [5.74, 6) is -0.914. The molecule has 0 radical (unpaired) electrons. The van der Waals surface area contributed by atoms with Crippen molar-refractivity contribution in [1.82, 2.24) is 4.90 Å². The van der Waals surface area contributed by atoms with E-state index >= 15 is 0 Å². The van der Waals surface area contributed by atoms with Crippen LogP contribution in [0.2, 0.25) is 0 Å². The first-order valence-electron chi connectivity index (χ1n) is 11.6. The Morgan fingerprint density at radius 1 is 0.974 bits per heavy atom. The summed E-state index contributed by atoms with van der Waals surface area (Å²) in [5, 5.41) is 19.9. The average molecular weight is 521 g/mol. The summed E-state index contributed by atoms with van der Waals surface area (Å²) in [6.45, 7) is 0.197. The number of thioether (sulfide) groups is 1. The van der Waals surface area contributed by atoms with Gasteiger partial charge in [-0.25, -0.2) is 4.79 Å². The second-order valence-corrected chi connectivity index (χ2v) is 9.52. The highest BCUT2D eigenvalue weighted by Gasteiger charge is 2.35. The molecule has 1 aliphatic rings. The van der Waals surface area contributed by atoms with Gasteiger partial charge in [0.15, 0.2) is 0 Å². The smallest absolute Gasteiger partial charge is 0.335 e. The first-order valence-corrected chi connectivity index (χ1v) is 12.5. The van der Waals surface area contributed by atoms with E-state index in [0.717, 1.165) is 33.0 Å². The third kappa shape index (κ3) is 5.01. The largest absolute Gasteiger partial charge is 0.488 e. The van der Waals surface area contributed by atoms with Crippen molar-refractivity contribution < 1.29 is 24.2 Å². The Labute approximate surface area is 222 Å². The lowest BCUT2D eigenvalue weighted by atomic mass is 10.0. The molecular formula is C30H20N2O5S. The number of imide groups is 1. The van der Waals surface area contributed by atoms with E-state index in [0.29, 0.717) is 22.4 Å². The molecule has 0 aromatic heterocycles. The van der Waals surface area contributed by atoms with Gasteiger partial charge in [0.1, 0.15) is 12.4 Å². The molecule has 7 nitrogen and oxygen atoms in total. The average Bonchev–Trinajstić information content (AvgIpc) is 3.20. The number of amides is 2. The number of carboxylic acids is 1. The molecule has 1 aliphatic heterocycles. The number of ether oxygens (including phenoxy) is 1. The lowest BCUT2D eigenvalue weighted by Crippen LogP contribution is -2.27. The van der Waals surface area contributed by atoms with E-state index in [1.54, 1.807) is 42.5 Å². The van der Waals surface area contributed by atoms with Gasteiger partial charge in [-0.1, -0.05) is 60.7 Å². The number of nitrogens with zero attached hydrogens (tertiary/aromatic N) is 2. The number of rotatable bonds is 7. The SMILES string of the molecule is N#Cc1ccccc1CN1C(=O)S/C(=C/c2c(OCc3ccc(C(=O)O)cc3)ccc3ccccc23)C1=O. The summed E-state index contributed by atoms with van der Waals surface area (Å²) in [7, 11) is 0.